The van der Waals surface area contributed by atoms with E-state index < -0.39 is 30.5 Å². The van der Waals surface area contributed by atoms with Gasteiger partial charge in [-0.25, -0.2) is 14.6 Å². The molecule has 1 unspecified atom stereocenters. The van der Waals surface area contributed by atoms with E-state index in [1.807, 2.05) is 6.07 Å². The molecule has 0 fully saturated rings. The van der Waals surface area contributed by atoms with Crippen molar-refractivity contribution < 1.29 is 23.9 Å². The number of esters is 2. The number of pyridine rings is 1. The number of benzene rings is 1. The third kappa shape index (κ3) is 5.96. The highest BCUT2D eigenvalue weighted by atomic mass is 35.5. The Morgan fingerprint density at radius 1 is 1.14 bits per heavy atom. The molecule has 1 aromatic carbocycles. The SMILES string of the molecule is COC(=O)C(Cc1ccccc1)NC(=O)COC(=O)c1nc(Cl)c(Cl)c(N)c1Cl. The summed E-state index contributed by atoms with van der Waals surface area (Å²) in [6, 6.07) is 8.05. The van der Waals surface area contributed by atoms with Gasteiger partial charge in [0.2, 0.25) is 0 Å². The van der Waals surface area contributed by atoms with Gasteiger partial charge in [-0.15, -0.1) is 0 Å². The first-order valence-corrected chi connectivity index (χ1v) is 9.26. The fourth-order valence-corrected chi connectivity index (χ4v) is 2.87. The summed E-state index contributed by atoms with van der Waals surface area (Å²) >= 11 is 17.5. The first-order valence-electron chi connectivity index (χ1n) is 8.12. The molecule has 0 radical (unpaired) electrons. The number of aromatic nitrogens is 1. The lowest BCUT2D eigenvalue weighted by Crippen LogP contribution is -2.44. The van der Waals surface area contributed by atoms with Crippen molar-refractivity contribution in [2.45, 2.75) is 12.5 Å². The highest BCUT2D eigenvalue weighted by molar-refractivity contribution is 6.46. The van der Waals surface area contributed by atoms with Gasteiger partial charge in [0.25, 0.3) is 5.91 Å². The maximum atomic E-state index is 12.2. The third-order valence-electron chi connectivity index (χ3n) is 3.70. The van der Waals surface area contributed by atoms with Crippen molar-refractivity contribution >= 4 is 58.3 Å². The molecule has 0 bridgehead atoms. The molecule has 0 saturated carbocycles. The Bertz CT molecular complexity index is 925. The largest absolute Gasteiger partial charge is 0.467 e. The predicted molar refractivity (Wildman–Crippen MR) is 108 cm³/mol. The van der Waals surface area contributed by atoms with Gasteiger partial charge >= 0.3 is 11.9 Å². The van der Waals surface area contributed by atoms with E-state index >= 15 is 0 Å². The van der Waals surface area contributed by atoms with Crippen LogP contribution in [0.5, 0.6) is 0 Å². The lowest BCUT2D eigenvalue weighted by atomic mass is 10.1. The summed E-state index contributed by atoms with van der Waals surface area (Å²) in [6.45, 7) is -0.695. The molecule has 0 spiro atoms. The van der Waals surface area contributed by atoms with E-state index in [0.29, 0.717) is 0 Å². The van der Waals surface area contributed by atoms with Gasteiger partial charge in [0.05, 0.1) is 17.8 Å². The minimum Gasteiger partial charge on any atom is -0.467 e. The molecule has 2 rings (SSSR count). The van der Waals surface area contributed by atoms with Crippen LogP contribution in [0.1, 0.15) is 16.1 Å². The Morgan fingerprint density at radius 3 is 2.41 bits per heavy atom. The molecule has 1 heterocycles. The number of anilines is 1. The number of carbonyl (C=O) groups is 3. The van der Waals surface area contributed by atoms with Crippen LogP contribution in [0.15, 0.2) is 30.3 Å². The molecular weight excluding hydrogens is 445 g/mol. The number of carbonyl (C=O) groups excluding carboxylic acids is 3. The van der Waals surface area contributed by atoms with E-state index in [4.69, 9.17) is 50.0 Å². The Kier molecular flexibility index (Phi) is 8.07. The van der Waals surface area contributed by atoms with Gasteiger partial charge in [-0.3, -0.25) is 4.79 Å². The van der Waals surface area contributed by atoms with Crippen molar-refractivity contribution in [1.29, 1.82) is 0 Å². The van der Waals surface area contributed by atoms with E-state index in [-0.39, 0.29) is 33.0 Å². The smallest absolute Gasteiger partial charge is 0.359 e. The number of nitrogens with one attached hydrogen (secondary N) is 1. The third-order valence-corrected chi connectivity index (χ3v) is 4.84. The number of nitrogen functional groups attached to an aromatic ring is 1. The molecule has 29 heavy (non-hydrogen) atoms. The molecule has 1 atom stereocenters. The Labute approximate surface area is 181 Å². The molecule has 8 nitrogen and oxygen atoms in total. The molecule has 3 N–H and O–H groups in total. The van der Waals surface area contributed by atoms with Crippen LogP contribution < -0.4 is 11.1 Å². The van der Waals surface area contributed by atoms with Gasteiger partial charge in [0, 0.05) is 6.42 Å². The fraction of sp³-hybridized carbons (Fsp3) is 0.222. The molecule has 2 aromatic rings. The summed E-state index contributed by atoms with van der Waals surface area (Å²) in [6.07, 6.45) is 0.198. The second-order valence-electron chi connectivity index (χ2n) is 5.70. The van der Waals surface area contributed by atoms with E-state index in [0.717, 1.165) is 5.56 Å². The topological polar surface area (TPSA) is 121 Å². The minimum absolute atomic E-state index is 0.104. The summed E-state index contributed by atoms with van der Waals surface area (Å²) < 4.78 is 9.58. The lowest BCUT2D eigenvalue weighted by Gasteiger charge is -2.16. The van der Waals surface area contributed by atoms with Crippen LogP contribution in [0.4, 0.5) is 5.69 Å². The van der Waals surface area contributed by atoms with Gasteiger partial charge in [-0.1, -0.05) is 65.1 Å². The lowest BCUT2D eigenvalue weighted by molar-refractivity contribution is -0.145. The number of nitrogens with two attached hydrogens (primary N) is 1. The second-order valence-corrected chi connectivity index (χ2v) is 6.82. The van der Waals surface area contributed by atoms with Crippen molar-refractivity contribution in [3.8, 4) is 0 Å². The molecule has 0 aliphatic rings. The van der Waals surface area contributed by atoms with Crippen molar-refractivity contribution in [3.05, 3.63) is 56.8 Å². The van der Waals surface area contributed by atoms with Crippen LogP contribution in [0.25, 0.3) is 0 Å². The number of hydrogen-bond donors (Lipinski definition) is 2. The summed E-state index contributed by atoms with van der Waals surface area (Å²) in [5.74, 6) is -2.41. The number of amides is 1. The number of ether oxygens (including phenoxy) is 2. The molecule has 0 saturated heterocycles. The Morgan fingerprint density at radius 2 is 1.79 bits per heavy atom. The first kappa shape index (κ1) is 22.7. The van der Waals surface area contributed by atoms with E-state index in [2.05, 4.69) is 10.3 Å². The average Bonchev–Trinajstić information content (AvgIpc) is 2.72. The molecule has 11 heteroatoms. The van der Waals surface area contributed by atoms with Crippen LogP contribution in [0.2, 0.25) is 15.2 Å². The molecule has 1 aromatic heterocycles. The van der Waals surface area contributed by atoms with E-state index in [1.54, 1.807) is 24.3 Å². The van der Waals surface area contributed by atoms with Crippen LogP contribution in [-0.4, -0.2) is 42.6 Å². The van der Waals surface area contributed by atoms with Crippen LogP contribution in [0, 0.1) is 0 Å². The highest BCUT2D eigenvalue weighted by Gasteiger charge is 2.24. The monoisotopic (exact) mass is 459 g/mol. The zero-order valence-electron chi connectivity index (χ0n) is 15.1. The normalized spacial score (nSPS) is 11.4. The Balaban J connectivity index is 2.02. The molecule has 1 amide bonds. The molecule has 154 valence electrons. The van der Waals surface area contributed by atoms with Crippen molar-refractivity contribution in [2.75, 3.05) is 19.5 Å². The highest BCUT2D eigenvalue weighted by Crippen LogP contribution is 2.34. The van der Waals surface area contributed by atoms with Gasteiger partial charge < -0.3 is 20.5 Å². The number of halogens is 3. The predicted octanol–water partition coefficient (Wildman–Crippen LogP) is 2.68. The van der Waals surface area contributed by atoms with Crippen LogP contribution in [0.3, 0.4) is 0 Å². The van der Waals surface area contributed by atoms with Crippen molar-refractivity contribution in [3.63, 3.8) is 0 Å². The van der Waals surface area contributed by atoms with E-state index in [9.17, 15) is 14.4 Å². The summed E-state index contributed by atoms with van der Waals surface area (Å²) in [5, 5.41) is 1.86. The number of hydrogen-bond acceptors (Lipinski definition) is 7. The number of nitrogens with zero attached hydrogens (tertiary/aromatic N) is 1. The van der Waals surface area contributed by atoms with Gasteiger partial charge in [0.15, 0.2) is 17.5 Å². The van der Waals surface area contributed by atoms with Gasteiger partial charge in [-0.05, 0) is 5.56 Å². The standard InChI is InChI=1S/C18H16Cl3N3O5/c1-28-17(26)10(7-9-5-3-2-4-6-9)23-11(25)8-29-18(27)15-12(19)14(22)13(20)16(21)24-15/h2-6,10H,7-8H2,1H3,(H2,22,24)(H,23,25). The van der Waals surface area contributed by atoms with Crippen LogP contribution >= 0.6 is 34.8 Å². The second kappa shape index (κ2) is 10.3. The number of methoxy groups -OCH3 is 1. The van der Waals surface area contributed by atoms with Crippen molar-refractivity contribution in [2.24, 2.45) is 0 Å². The van der Waals surface area contributed by atoms with Crippen LogP contribution in [-0.2, 0) is 25.5 Å². The first-order chi connectivity index (χ1) is 13.7. The van der Waals surface area contributed by atoms with Crippen molar-refractivity contribution in [1.82, 2.24) is 10.3 Å². The quantitative estimate of drug-likeness (QED) is 0.481. The average molecular weight is 461 g/mol. The van der Waals surface area contributed by atoms with E-state index in [1.165, 1.54) is 7.11 Å². The summed E-state index contributed by atoms with van der Waals surface area (Å²) in [5.41, 5.74) is 5.92. The zero-order chi connectivity index (χ0) is 21.6. The molecule has 0 aliphatic carbocycles. The molecular formula is C18H16Cl3N3O5. The Hall–Kier alpha value is -2.55. The zero-order valence-corrected chi connectivity index (χ0v) is 17.3. The number of rotatable bonds is 7. The summed E-state index contributed by atoms with van der Waals surface area (Å²) in [7, 11) is 1.20. The molecule has 0 aliphatic heterocycles. The van der Waals surface area contributed by atoms with Gasteiger partial charge in [-0.2, -0.15) is 0 Å². The maximum Gasteiger partial charge on any atom is 0.359 e. The minimum atomic E-state index is -1.03. The maximum absolute atomic E-state index is 12.2. The summed E-state index contributed by atoms with van der Waals surface area (Å²) in [4.78, 5) is 40.0. The van der Waals surface area contributed by atoms with Gasteiger partial charge in [0.1, 0.15) is 11.1 Å². The fourth-order valence-electron chi connectivity index (χ4n) is 2.29.